The smallest absolute Gasteiger partial charge is 0.294 e. The fraction of sp³-hybridized carbons (Fsp3) is 0.417. The van der Waals surface area contributed by atoms with Gasteiger partial charge in [0.2, 0.25) is 0 Å². The van der Waals surface area contributed by atoms with E-state index in [1.807, 2.05) is 0 Å². The third kappa shape index (κ3) is 1.62. The number of carbonyl (C=O) groups excluding carboxylic acids is 1. The van der Waals surface area contributed by atoms with E-state index in [0.717, 1.165) is 11.6 Å². The van der Waals surface area contributed by atoms with Crippen molar-refractivity contribution in [2.45, 2.75) is 32.4 Å². The number of benzene rings is 1. The Labute approximate surface area is 91.3 Å². The third-order valence-electron chi connectivity index (χ3n) is 2.96. The Morgan fingerprint density at radius 3 is 2.50 bits per heavy atom. The predicted molar refractivity (Wildman–Crippen MR) is 53.5 cm³/mol. The second kappa shape index (κ2) is 3.61. The lowest BCUT2D eigenvalue weighted by Crippen LogP contribution is -2.12. The van der Waals surface area contributed by atoms with Crippen molar-refractivity contribution in [1.29, 1.82) is 0 Å². The molecule has 0 saturated heterocycles. The SMILES string of the molecule is CCc1c(C(F)(F)F)ccc2c1C(=O)CC2. The van der Waals surface area contributed by atoms with E-state index in [0.29, 0.717) is 18.4 Å². The molecule has 1 nitrogen and oxygen atoms in total. The minimum atomic E-state index is -4.37. The number of alkyl halides is 3. The van der Waals surface area contributed by atoms with Gasteiger partial charge in [-0.25, -0.2) is 0 Å². The topological polar surface area (TPSA) is 17.1 Å². The minimum absolute atomic E-state index is 0.155. The normalized spacial score (nSPS) is 15.4. The van der Waals surface area contributed by atoms with Crippen LogP contribution in [0.2, 0.25) is 0 Å². The predicted octanol–water partition coefficient (Wildman–Crippen LogP) is 3.40. The monoisotopic (exact) mass is 228 g/mol. The molecule has 86 valence electrons. The van der Waals surface area contributed by atoms with Crippen LogP contribution in [-0.4, -0.2) is 5.78 Å². The molecule has 0 unspecified atom stereocenters. The summed E-state index contributed by atoms with van der Waals surface area (Å²) in [6.07, 6.45) is -3.23. The van der Waals surface area contributed by atoms with Crippen LogP contribution in [0, 0.1) is 0 Å². The molecule has 0 aromatic heterocycles. The van der Waals surface area contributed by atoms with E-state index >= 15 is 0 Å². The Morgan fingerprint density at radius 2 is 1.94 bits per heavy atom. The molecule has 1 aliphatic rings. The molecular formula is C12H11F3O. The molecule has 0 radical (unpaired) electrons. The average Bonchev–Trinajstić information content (AvgIpc) is 2.58. The Hall–Kier alpha value is -1.32. The van der Waals surface area contributed by atoms with Crippen LogP contribution in [0.1, 0.15) is 40.4 Å². The highest BCUT2D eigenvalue weighted by Crippen LogP contribution is 2.37. The summed E-state index contributed by atoms with van der Waals surface area (Å²) in [5.41, 5.74) is 0.573. The summed E-state index contributed by atoms with van der Waals surface area (Å²) < 4.78 is 38.2. The Kier molecular flexibility index (Phi) is 2.52. The van der Waals surface area contributed by atoms with E-state index in [9.17, 15) is 18.0 Å². The van der Waals surface area contributed by atoms with Gasteiger partial charge in [0.05, 0.1) is 5.56 Å². The van der Waals surface area contributed by atoms with Crippen LogP contribution >= 0.6 is 0 Å². The van der Waals surface area contributed by atoms with Crippen molar-refractivity contribution in [1.82, 2.24) is 0 Å². The van der Waals surface area contributed by atoms with Crippen LogP contribution in [0.4, 0.5) is 13.2 Å². The lowest BCUT2D eigenvalue weighted by molar-refractivity contribution is -0.138. The van der Waals surface area contributed by atoms with Gasteiger partial charge >= 0.3 is 6.18 Å². The number of hydrogen-bond acceptors (Lipinski definition) is 1. The molecular weight excluding hydrogens is 217 g/mol. The van der Waals surface area contributed by atoms with Gasteiger partial charge in [-0.2, -0.15) is 13.2 Å². The molecule has 0 amide bonds. The number of carbonyl (C=O) groups is 1. The highest BCUT2D eigenvalue weighted by Gasteiger charge is 2.36. The van der Waals surface area contributed by atoms with Gasteiger partial charge in [-0.3, -0.25) is 4.79 Å². The molecule has 0 bridgehead atoms. The van der Waals surface area contributed by atoms with Gasteiger partial charge in [0.15, 0.2) is 5.78 Å². The maximum absolute atomic E-state index is 12.7. The molecule has 4 heteroatoms. The molecule has 0 heterocycles. The van der Waals surface area contributed by atoms with Crippen LogP contribution in [0.3, 0.4) is 0 Å². The van der Waals surface area contributed by atoms with Gasteiger partial charge in [-0.15, -0.1) is 0 Å². The van der Waals surface area contributed by atoms with Crippen molar-refractivity contribution in [2.24, 2.45) is 0 Å². The number of rotatable bonds is 1. The highest BCUT2D eigenvalue weighted by atomic mass is 19.4. The number of halogens is 3. The molecule has 0 aliphatic heterocycles. The van der Waals surface area contributed by atoms with Crippen molar-refractivity contribution in [2.75, 3.05) is 0 Å². The van der Waals surface area contributed by atoms with E-state index in [1.165, 1.54) is 6.07 Å². The summed E-state index contributed by atoms with van der Waals surface area (Å²) in [6.45, 7) is 1.65. The van der Waals surface area contributed by atoms with Crippen LogP contribution in [0.25, 0.3) is 0 Å². The average molecular weight is 228 g/mol. The summed E-state index contributed by atoms with van der Waals surface area (Å²) in [4.78, 5) is 11.6. The third-order valence-corrected chi connectivity index (χ3v) is 2.96. The van der Waals surface area contributed by atoms with Crippen molar-refractivity contribution in [3.63, 3.8) is 0 Å². The number of Topliss-reactive ketones (excluding diaryl/α,β-unsaturated/α-hetero) is 1. The second-order valence-electron chi connectivity index (χ2n) is 3.90. The molecule has 0 atom stereocenters. The first-order chi connectivity index (χ1) is 7.45. The van der Waals surface area contributed by atoms with E-state index in [4.69, 9.17) is 0 Å². The first-order valence-corrected chi connectivity index (χ1v) is 5.20. The van der Waals surface area contributed by atoms with Crippen LogP contribution in [0.5, 0.6) is 0 Å². The molecule has 0 N–H and O–H groups in total. The fourth-order valence-electron chi connectivity index (χ4n) is 2.26. The second-order valence-corrected chi connectivity index (χ2v) is 3.90. The van der Waals surface area contributed by atoms with Gasteiger partial charge in [0.1, 0.15) is 0 Å². The van der Waals surface area contributed by atoms with Crippen LogP contribution < -0.4 is 0 Å². The molecule has 1 aromatic rings. The van der Waals surface area contributed by atoms with Gasteiger partial charge in [-0.05, 0) is 30.0 Å². The van der Waals surface area contributed by atoms with Gasteiger partial charge in [0, 0.05) is 12.0 Å². The summed E-state index contributed by atoms with van der Waals surface area (Å²) in [7, 11) is 0. The zero-order valence-electron chi connectivity index (χ0n) is 8.82. The van der Waals surface area contributed by atoms with Crippen molar-refractivity contribution in [3.8, 4) is 0 Å². The lowest BCUT2D eigenvalue weighted by Gasteiger charge is -2.14. The maximum atomic E-state index is 12.7. The number of fused-ring (bicyclic) bond motifs is 1. The summed E-state index contributed by atoms with van der Waals surface area (Å²) >= 11 is 0. The Balaban J connectivity index is 2.67. The summed E-state index contributed by atoms with van der Waals surface area (Å²) in [5, 5.41) is 0. The Morgan fingerprint density at radius 1 is 1.25 bits per heavy atom. The minimum Gasteiger partial charge on any atom is -0.294 e. The highest BCUT2D eigenvalue weighted by molar-refractivity contribution is 6.02. The first kappa shape index (κ1) is 11.2. The quantitative estimate of drug-likeness (QED) is 0.720. The van der Waals surface area contributed by atoms with E-state index in [-0.39, 0.29) is 17.8 Å². The van der Waals surface area contributed by atoms with E-state index in [2.05, 4.69) is 0 Å². The van der Waals surface area contributed by atoms with Gasteiger partial charge < -0.3 is 0 Å². The maximum Gasteiger partial charge on any atom is 0.416 e. The van der Waals surface area contributed by atoms with Crippen LogP contribution in [-0.2, 0) is 19.0 Å². The molecule has 0 saturated carbocycles. The first-order valence-electron chi connectivity index (χ1n) is 5.20. The standard InChI is InChI=1S/C12H11F3O/c1-2-8-9(12(13,14)15)5-3-7-4-6-10(16)11(7)8/h3,5H,2,4,6H2,1H3. The molecule has 0 spiro atoms. The zero-order chi connectivity index (χ0) is 11.9. The van der Waals surface area contributed by atoms with E-state index in [1.54, 1.807) is 6.92 Å². The molecule has 0 fully saturated rings. The van der Waals surface area contributed by atoms with Gasteiger partial charge in [-0.1, -0.05) is 13.0 Å². The van der Waals surface area contributed by atoms with Crippen LogP contribution in [0.15, 0.2) is 12.1 Å². The van der Waals surface area contributed by atoms with Gasteiger partial charge in [0.25, 0.3) is 0 Å². The van der Waals surface area contributed by atoms with Crippen molar-refractivity contribution in [3.05, 3.63) is 34.4 Å². The van der Waals surface area contributed by atoms with Crippen molar-refractivity contribution < 1.29 is 18.0 Å². The molecule has 1 aliphatic carbocycles. The molecule has 16 heavy (non-hydrogen) atoms. The number of hydrogen-bond donors (Lipinski definition) is 0. The fourth-order valence-corrected chi connectivity index (χ4v) is 2.26. The number of ketones is 1. The largest absolute Gasteiger partial charge is 0.416 e. The summed E-state index contributed by atoms with van der Waals surface area (Å²) in [5.74, 6) is -0.155. The summed E-state index contributed by atoms with van der Waals surface area (Å²) in [6, 6.07) is 2.53. The molecule has 2 rings (SSSR count). The molecule has 1 aromatic carbocycles. The van der Waals surface area contributed by atoms with E-state index < -0.39 is 11.7 Å². The lowest BCUT2D eigenvalue weighted by atomic mass is 9.95. The zero-order valence-corrected chi connectivity index (χ0v) is 8.82. The van der Waals surface area contributed by atoms with Crippen molar-refractivity contribution >= 4 is 5.78 Å². The Bertz CT molecular complexity index is 446. The number of aryl methyl sites for hydroxylation is 1.